The van der Waals surface area contributed by atoms with Crippen molar-refractivity contribution in [1.82, 2.24) is 9.47 Å². The van der Waals surface area contributed by atoms with E-state index < -0.39 is 0 Å². The summed E-state index contributed by atoms with van der Waals surface area (Å²) in [6, 6.07) is 11.7. The highest BCUT2D eigenvalue weighted by Crippen LogP contribution is 2.31. The lowest BCUT2D eigenvalue weighted by atomic mass is 10.1. The van der Waals surface area contributed by atoms with Crippen LogP contribution >= 0.6 is 11.8 Å². The van der Waals surface area contributed by atoms with Gasteiger partial charge in [-0.1, -0.05) is 24.3 Å². The second kappa shape index (κ2) is 8.60. The highest BCUT2D eigenvalue weighted by atomic mass is 32.2. The van der Waals surface area contributed by atoms with Crippen molar-refractivity contribution in [3.05, 3.63) is 75.3 Å². The van der Waals surface area contributed by atoms with Crippen molar-refractivity contribution in [2.75, 3.05) is 36.8 Å². The minimum Gasteiger partial charge on any atom is -0.472 e. The number of pyridine rings is 1. The van der Waals surface area contributed by atoms with E-state index in [-0.39, 0.29) is 17.0 Å². The lowest BCUT2D eigenvalue weighted by molar-refractivity contribution is -0.126. The molecule has 4 heterocycles. The molecule has 2 aliphatic heterocycles. The molecule has 1 fully saturated rings. The van der Waals surface area contributed by atoms with Crippen LogP contribution in [0.1, 0.15) is 17.5 Å². The van der Waals surface area contributed by atoms with Crippen molar-refractivity contribution in [3.63, 3.8) is 0 Å². The molecule has 1 amide bonds. The molecule has 5 rings (SSSR count). The number of amides is 1. The Kier molecular flexibility index (Phi) is 5.50. The predicted octanol–water partition coefficient (Wildman–Crippen LogP) is 3.18. The first-order valence-electron chi connectivity index (χ1n) is 10.6. The summed E-state index contributed by atoms with van der Waals surface area (Å²) >= 11 is 1.62. The van der Waals surface area contributed by atoms with E-state index >= 15 is 0 Å². The van der Waals surface area contributed by atoms with E-state index in [4.69, 9.17) is 4.42 Å². The number of rotatable bonds is 4. The summed E-state index contributed by atoms with van der Waals surface area (Å²) in [6.07, 6.45) is 6.14. The molecule has 0 saturated carbocycles. The van der Waals surface area contributed by atoms with Gasteiger partial charge in [0, 0.05) is 42.9 Å². The van der Waals surface area contributed by atoms with E-state index in [0.717, 1.165) is 33.5 Å². The zero-order valence-corrected chi connectivity index (χ0v) is 18.3. The second-order valence-electron chi connectivity index (χ2n) is 7.86. The Balaban J connectivity index is 1.50. The van der Waals surface area contributed by atoms with Gasteiger partial charge in [-0.05, 0) is 18.6 Å². The number of hydrogen-bond acceptors (Lipinski definition) is 6. The summed E-state index contributed by atoms with van der Waals surface area (Å²) in [5, 5.41) is 10.8. The number of fused-ring (bicyclic) bond motifs is 1. The van der Waals surface area contributed by atoms with Crippen molar-refractivity contribution >= 4 is 34.3 Å². The van der Waals surface area contributed by atoms with Gasteiger partial charge in [0.15, 0.2) is 0 Å². The van der Waals surface area contributed by atoms with Crippen LogP contribution < -0.4 is 10.5 Å². The first-order chi connectivity index (χ1) is 15.7. The average molecular weight is 447 g/mol. The molecule has 2 aliphatic rings. The molecule has 162 valence electrons. The highest BCUT2D eigenvalue weighted by Gasteiger charge is 2.28. The average Bonchev–Trinajstić information content (AvgIpc) is 3.55. The van der Waals surface area contributed by atoms with Crippen molar-refractivity contribution in [2.24, 2.45) is 0 Å². The molecule has 8 heteroatoms. The number of anilines is 1. The number of hydrogen-bond donors (Lipinski definition) is 0. The number of furan rings is 1. The molecule has 0 N–H and O–H groups in total. The Labute approximate surface area is 189 Å². The van der Waals surface area contributed by atoms with Gasteiger partial charge in [0.1, 0.15) is 11.6 Å². The van der Waals surface area contributed by atoms with Crippen LogP contribution in [0.4, 0.5) is 5.69 Å². The van der Waals surface area contributed by atoms with Crippen molar-refractivity contribution in [1.29, 1.82) is 5.26 Å². The number of piperazine rings is 1. The largest absolute Gasteiger partial charge is 0.472 e. The Morgan fingerprint density at radius 2 is 1.97 bits per heavy atom. The summed E-state index contributed by atoms with van der Waals surface area (Å²) in [6.45, 7) is 2.61. The SMILES string of the molecule is N#Cc1c(N2CCN(C(=O)C3=CCCS3)CC2)c2ccccc2n(Cc2ccoc2)c1=O. The van der Waals surface area contributed by atoms with E-state index in [0.29, 0.717) is 38.4 Å². The van der Waals surface area contributed by atoms with Crippen LogP contribution in [0.5, 0.6) is 0 Å². The van der Waals surface area contributed by atoms with E-state index in [1.54, 1.807) is 28.9 Å². The number of nitriles is 1. The Bertz CT molecular complexity index is 1300. The van der Waals surface area contributed by atoms with Crippen LogP contribution in [0.3, 0.4) is 0 Å². The van der Waals surface area contributed by atoms with E-state index in [1.807, 2.05) is 41.3 Å². The molecule has 0 radical (unpaired) electrons. The topological polar surface area (TPSA) is 82.5 Å². The number of para-hydroxylation sites is 1. The Morgan fingerprint density at radius 1 is 1.16 bits per heavy atom. The molecule has 1 saturated heterocycles. The van der Waals surface area contributed by atoms with Gasteiger partial charge in [0.2, 0.25) is 0 Å². The summed E-state index contributed by atoms with van der Waals surface area (Å²) in [5.74, 6) is 1.06. The van der Waals surface area contributed by atoms with Gasteiger partial charge >= 0.3 is 0 Å². The van der Waals surface area contributed by atoms with Crippen molar-refractivity contribution < 1.29 is 9.21 Å². The maximum absolute atomic E-state index is 13.4. The van der Waals surface area contributed by atoms with E-state index in [2.05, 4.69) is 11.0 Å². The quantitative estimate of drug-likeness (QED) is 0.612. The monoisotopic (exact) mass is 446 g/mol. The van der Waals surface area contributed by atoms with E-state index in [1.165, 1.54) is 0 Å². The first-order valence-corrected chi connectivity index (χ1v) is 11.6. The molecule has 0 atom stereocenters. The van der Waals surface area contributed by atoms with Gasteiger partial charge in [-0.25, -0.2) is 0 Å². The van der Waals surface area contributed by atoms with Crippen LogP contribution in [0.15, 0.2) is 63.1 Å². The third kappa shape index (κ3) is 3.59. The number of carbonyl (C=O) groups is 1. The van der Waals surface area contributed by atoms with Crippen molar-refractivity contribution in [2.45, 2.75) is 13.0 Å². The van der Waals surface area contributed by atoms with Crippen LogP contribution in [0, 0.1) is 11.3 Å². The smallest absolute Gasteiger partial charge is 0.271 e. The maximum atomic E-state index is 13.4. The molecule has 0 unspecified atom stereocenters. The number of nitrogens with zero attached hydrogens (tertiary/aromatic N) is 4. The fourth-order valence-electron chi connectivity index (χ4n) is 4.40. The lowest BCUT2D eigenvalue weighted by Crippen LogP contribution is -2.49. The summed E-state index contributed by atoms with van der Waals surface area (Å²) in [7, 11) is 0. The highest BCUT2D eigenvalue weighted by molar-refractivity contribution is 8.04. The molecular weight excluding hydrogens is 424 g/mol. The zero-order chi connectivity index (χ0) is 22.1. The van der Waals surface area contributed by atoms with Crippen LogP contribution in [0.25, 0.3) is 10.9 Å². The molecule has 3 aromatic rings. The lowest BCUT2D eigenvalue weighted by Gasteiger charge is -2.37. The molecule has 1 aromatic carbocycles. The number of carbonyl (C=O) groups excluding carboxylic acids is 1. The molecule has 0 bridgehead atoms. The molecule has 32 heavy (non-hydrogen) atoms. The van der Waals surface area contributed by atoms with E-state index in [9.17, 15) is 14.9 Å². The number of allylic oxidation sites excluding steroid dienone is 1. The Hall–Kier alpha value is -3.44. The summed E-state index contributed by atoms with van der Waals surface area (Å²) in [5.41, 5.74) is 2.13. The maximum Gasteiger partial charge on any atom is 0.271 e. The standard InChI is InChI=1S/C24H22N4O3S/c25-14-19-22(26-8-10-27(11-9-26)24(30)21-6-3-13-32-21)18-4-1-2-5-20(18)28(23(19)29)15-17-7-12-31-16-17/h1-2,4-7,12,16H,3,8-11,13,15H2. The number of aromatic nitrogens is 1. The fourth-order valence-corrected chi connectivity index (χ4v) is 5.34. The normalized spacial score (nSPS) is 16.3. The third-order valence-corrected chi connectivity index (χ3v) is 7.07. The van der Waals surface area contributed by atoms with Gasteiger partial charge in [0.05, 0.1) is 35.2 Å². The van der Waals surface area contributed by atoms with Gasteiger partial charge < -0.3 is 18.8 Å². The van der Waals surface area contributed by atoms with Gasteiger partial charge in [0.25, 0.3) is 11.5 Å². The molecule has 2 aromatic heterocycles. The molecule has 7 nitrogen and oxygen atoms in total. The van der Waals surface area contributed by atoms with Crippen LogP contribution in [-0.4, -0.2) is 47.3 Å². The minimum absolute atomic E-state index is 0.0908. The molecular formula is C24H22N4O3S. The van der Waals surface area contributed by atoms with Gasteiger partial charge in [-0.15, -0.1) is 11.8 Å². The minimum atomic E-state index is -0.312. The summed E-state index contributed by atoms with van der Waals surface area (Å²) in [4.78, 5) is 30.9. The second-order valence-corrected chi connectivity index (χ2v) is 9.00. The van der Waals surface area contributed by atoms with Crippen LogP contribution in [-0.2, 0) is 11.3 Å². The predicted molar refractivity (Wildman–Crippen MR) is 125 cm³/mol. The Morgan fingerprint density at radius 3 is 2.66 bits per heavy atom. The third-order valence-electron chi connectivity index (χ3n) is 5.98. The zero-order valence-electron chi connectivity index (χ0n) is 17.5. The summed E-state index contributed by atoms with van der Waals surface area (Å²) < 4.78 is 6.78. The van der Waals surface area contributed by atoms with Gasteiger partial charge in [-0.2, -0.15) is 5.26 Å². The fraction of sp³-hybridized carbons (Fsp3) is 0.292. The first kappa shape index (κ1) is 20.5. The van der Waals surface area contributed by atoms with Crippen LogP contribution in [0.2, 0.25) is 0 Å². The molecule has 0 aliphatic carbocycles. The number of thioether (sulfide) groups is 1. The molecule has 0 spiro atoms. The van der Waals surface area contributed by atoms with Gasteiger partial charge in [-0.3, -0.25) is 9.59 Å². The number of benzene rings is 1. The van der Waals surface area contributed by atoms with Crippen molar-refractivity contribution in [3.8, 4) is 6.07 Å².